The number of anilines is 1. The molecule has 4 heteroatoms. The molecule has 14 heavy (non-hydrogen) atoms. The Labute approximate surface area is 82.0 Å². The van der Waals surface area contributed by atoms with Crippen LogP contribution in [0.3, 0.4) is 0 Å². The Morgan fingerprint density at radius 2 is 2.14 bits per heavy atom. The lowest BCUT2D eigenvalue weighted by molar-refractivity contribution is 0.515. The van der Waals surface area contributed by atoms with E-state index in [4.69, 9.17) is 4.42 Å². The second-order valence-electron chi connectivity index (χ2n) is 3.01. The van der Waals surface area contributed by atoms with Gasteiger partial charge in [-0.25, -0.2) is 9.97 Å². The molecule has 0 aliphatic carbocycles. The SMILES string of the molecule is Cc1ccoc1CNc1cncnc1. The van der Waals surface area contributed by atoms with E-state index in [1.54, 1.807) is 18.7 Å². The van der Waals surface area contributed by atoms with Crippen molar-refractivity contribution in [1.29, 1.82) is 0 Å². The van der Waals surface area contributed by atoms with Crippen molar-refractivity contribution in [2.75, 3.05) is 5.32 Å². The fourth-order valence-corrected chi connectivity index (χ4v) is 1.16. The maximum atomic E-state index is 5.28. The molecule has 0 radical (unpaired) electrons. The highest BCUT2D eigenvalue weighted by Gasteiger charge is 2.00. The first kappa shape index (κ1) is 8.74. The fraction of sp³-hybridized carbons (Fsp3) is 0.200. The molecule has 0 fully saturated rings. The molecule has 0 aromatic carbocycles. The molecule has 0 atom stereocenters. The summed E-state index contributed by atoms with van der Waals surface area (Å²) in [5.74, 6) is 0.939. The molecule has 4 nitrogen and oxygen atoms in total. The first-order valence-corrected chi connectivity index (χ1v) is 4.38. The molecule has 0 saturated heterocycles. The first-order valence-electron chi connectivity index (χ1n) is 4.38. The van der Waals surface area contributed by atoms with E-state index in [1.165, 1.54) is 6.33 Å². The minimum Gasteiger partial charge on any atom is -0.467 e. The summed E-state index contributed by atoms with van der Waals surface area (Å²) in [6, 6.07) is 1.94. The van der Waals surface area contributed by atoms with Crippen LogP contribution in [0.1, 0.15) is 11.3 Å². The van der Waals surface area contributed by atoms with Crippen LogP contribution in [0.4, 0.5) is 5.69 Å². The van der Waals surface area contributed by atoms with Crippen LogP contribution in [0.2, 0.25) is 0 Å². The Morgan fingerprint density at radius 1 is 1.36 bits per heavy atom. The van der Waals surface area contributed by atoms with Gasteiger partial charge in [-0.05, 0) is 18.6 Å². The van der Waals surface area contributed by atoms with Crippen LogP contribution >= 0.6 is 0 Å². The van der Waals surface area contributed by atoms with Gasteiger partial charge < -0.3 is 9.73 Å². The number of hydrogen-bond acceptors (Lipinski definition) is 4. The Balaban J connectivity index is 1.99. The lowest BCUT2D eigenvalue weighted by Crippen LogP contribution is -1.99. The molecular weight excluding hydrogens is 178 g/mol. The molecule has 2 aromatic rings. The Morgan fingerprint density at radius 3 is 2.79 bits per heavy atom. The summed E-state index contributed by atoms with van der Waals surface area (Å²) in [6.07, 6.45) is 6.65. The van der Waals surface area contributed by atoms with Crippen LogP contribution in [-0.2, 0) is 6.54 Å². The van der Waals surface area contributed by atoms with E-state index in [0.29, 0.717) is 6.54 Å². The molecule has 2 rings (SSSR count). The van der Waals surface area contributed by atoms with Crippen LogP contribution in [0, 0.1) is 6.92 Å². The van der Waals surface area contributed by atoms with Crippen LogP contribution in [0.15, 0.2) is 35.5 Å². The van der Waals surface area contributed by atoms with Crippen molar-refractivity contribution in [3.63, 3.8) is 0 Å². The van der Waals surface area contributed by atoms with Gasteiger partial charge in [0.05, 0.1) is 30.9 Å². The molecular formula is C10H11N3O. The molecule has 2 heterocycles. The summed E-state index contributed by atoms with van der Waals surface area (Å²) in [7, 11) is 0. The molecule has 0 saturated carbocycles. The standard InChI is InChI=1S/C10H11N3O/c1-8-2-3-14-10(8)6-13-9-4-11-7-12-5-9/h2-5,7,13H,6H2,1H3. The van der Waals surface area contributed by atoms with Crippen molar-refractivity contribution in [2.24, 2.45) is 0 Å². The van der Waals surface area contributed by atoms with Crippen molar-refractivity contribution in [3.05, 3.63) is 42.4 Å². The highest BCUT2D eigenvalue weighted by Crippen LogP contribution is 2.11. The zero-order valence-electron chi connectivity index (χ0n) is 7.90. The van der Waals surface area contributed by atoms with Crippen LogP contribution < -0.4 is 5.32 Å². The Kier molecular flexibility index (Phi) is 2.44. The highest BCUT2D eigenvalue weighted by atomic mass is 16.3. The predicted octanol–water partition coefficient (Wildman–Crippen LogP) is 1.99. The normalized spacial score (nSPS) is 10.1. The van der Waals surface area contributed by atoms with Gasteiger partial charge in [-0.2, -0.15) is 0 Å². The van der Waals surface area contributed by atoms with Crippen LogP contribution in [-0.4, -0.2) is 9.97 Å². The molecule has 1 N–H and O–H groups in total. The van der Waals surface area contributed by atoms with Gasteiger partial charge >= 0.3 is 0 Å². The highest BCUT2D eigenvalue weighted by molar-refractivity contribution is 5.37. The molecule has 0 aliphatic rings. The van der Waals surface area contributed by atoms with Crippen molar-refractivity contribution in [3.8, 4) is 0 Å². The summed E-state index contributed by atoms with van der Waals surface area (Å²) in [4.78, 5) is 7.81. The van der Waals surface area contributed by atoms with Gasteiger partial charge in [0, 0.05) is 0 Å². The number of nitrogens with zero attached hydrogens (tertiary/aromatic N) is 2. The first-order chi connectivity index (χ1) is 6.86. The lowest BCUT2D eigenvalue weighted by atomic mass is 10.3. The lowest BCUT2D eigenvalue weighted by Gasteiger charge is -2.02. The van der Waals surface area contributed by atoms with Gasteiger partial charge in [-0.3, -0.25) is 0 Å². The van der Waals surface area contributed by atoms with Crippen molar-refractivity contribution >= 4 is 5.69 Å². The third-order valence-electron chi connectivity index (χ3n) is 1.98. The van der Waals surface area contributed by atoms with Gasteiger partial charge in [-0.15, -0.1) is 0 Å². The van der Waals surface area contributed by atoms with E-state index in [9.17, 15) is 0 Å². The van der Waals surface area contributed by atoms with Crippen molar-refractivity contribution in [1.82, 2.24) is 9.97 Å². The minimum absolute atomic E-state index is 0.659. The molecule has 0 spiro atoms. The van der Waals surface area contributed by atoms with Gasteiger partial charge in [0.25, 0.3) is 0 Å². The summed E-state index contributed by atoms with van der Waals surface area (Å²) in [5.41, 5.74) is 2.04. The van der Waals surface area contributed by atoms with E-state index < -0.39 is 0 Å². The zero-order valence-corrected chi connectivity index (χ0v) is 7.90. The van der Waals surface area contributed by atoms with E-state index >= 15 is 0 Å². The number of aryl methyl sites for hydroxylation is 1. The smallest absolute Gasteiger partial charge is 0.125 e. The molecule has 0 unspecified atom stereocenters. The number of rotatable bonds is 3. The maximum absolute atomic E-state index is 5.28. The molecule has 0 amide bonds. The third kappa shape index (κ3) is 1.90. The maximum Gasteiger partial charge on any atom is 0.125 e. The van der Waals surface area contributed by atoms with Gasteiger partial charge in [0.15, 0.2) is 0 Å². The second-order valence-corrected chi connectivity index (χ2v) is 3.01. The number of nitrogens with one attached hydrogen (secondary N) is 1. The number of furan rings is 1. The number of hydrogen-bond donors (Lipinski definition) is 1. The minimum atomic E-state index is 0.659. The van der Waals surface area contributed by atoms with E-state index in [0.717, 1.165) is 17.0 Å². The van der Waals surface area contributed by atoms with Crippen molar-refractivity contribution in [2.45, 2.75) is 13.5 Å². The molecule has 72 valence electrons. The van der Waals surface area contributed by atoms with E-state index in [2.05, 4.69) is 15.3 Å². The van der Waals surface area contributed by atoms with Crippen LogP contribution in [0.25, 0.3) is 0 Å². The van der Waals surface area contributed by atoms with Gasteiger partial charge in [0.1, 0.15) is 12.1 Å². The molecule has 2 aromatic heterocycles. The summed E-state index contributed by atoms with van der Waals surface area (Å²) in [5, 5.41) is 3.17. The Bertz CT molecular complexity index is 397. The number of aromatic nitrogens is 2. The molecule has 0 bridgehead atoms. The largest absolute Gasteiger partial charge is 0.467 e. The van der Waals surface area contributed by atoms with Gasteiger partial charge in [0.2, 0.25) is 0 Å². The van der Waals surface area contributed by atoms with E-state index in [-0.39, 0.29) is 0 Å². The summed E-state index contributed by atoms with van der Waals surface area (Å²) < 4.78 is 5.28. The van der Waals surface area contributed by atoms with Crippen molar-refractivity contribution < 1.29 is 4.42 Å². The third-order valence-corrected chi connectivity index (χ3v) is 1.98. The molecule has 0 aliphatic heterocycles. The summed E-state index contributed by atoms with van der Waals surface area (Å²) in [6.45, 7) is 2.67. The zero-order chi connectivity index (χ0) is 9.80. The monoisotopic (exact) mass is 189 g/mol. The topological polar surface area (TPSA) is 51.0 Å². The van der Waals surface area contributed by atoms with Gasteiger partial charge in [-0.1, -0.05) is 0 Å². The summed E-state index contributed by atoms with van der Waals surface area (Å²) >= 11 is 0. The fourth-order valence-electron chi connectivity index (χ4n) is 1.16. The average Bonchev–Trinajstić information content (AvgIpc) is 2.63. The Hall–Kier alpha value is -1.84. The van der Waals surface area contributed by atoms with E-state index in [1.807, 2.05) is 13.0 Å². The van der Waals surface area contributed by atoms with Crippen LogP contribution in [0.5, 0.6) is 0 Å². The second kappa shape index (κ2) is 3.91. The average molecular weight is 189 g/mol. The quantitative estimate of drug-likeness (QED) is 0.802. The predicted molar refractivity (Wildman–Crippen MR) is 52.8 cm³/mol.